The van der Waals surface area contributed by atoms with Crippen LogP contribution in [0.2, 0.25) is 0 Å². The summed E-state index contributed by atoms with van der Waals surface area (Å²) in [6.07, 6.45) is -14.6. The number of hydrogen-bond acceptors (Lipinski definition) is 7. The number of amides is 2. The molecule has 0 radical (unpaired) electrons. The first-order valence-electron chi connectivity index (χ1n) is 23.9. The average molecular weight is 1100 g/mol. The lowest BCUT2D eigenvalue weighted by molar-refractivity contribution is -0.144. The van der Waals surface area contributed by atoms with Crippen LogP contribution in [0.5, 0.6) is 0 Å². The Balaban J connectivity index is 0.000000284. The molecule has 2 unspecified atom stereocenters. The molecule has 2 aliphatic rings. The smallest absolute Gasteiger partial charge is 0.416 e. The van der Waals surface area contributed by atoms with Gasteiger partial charge in [-0.25, -0.2) is 19.2 Å². The van der Waals surface area contributed by atoms with Crippen molar-refractivity contribution in [2.24, 2.45) is 0 Å². The van der Waals surface area contributed by atoms with Crippen LogP contribution in [0.15, 0.2) is 84.9 Å². The minimum Gasteiger partial charge on any atom is -0.478 e. The minimum absolute atomic E-state index is 0.0682. The normalized spacial score (nSPS) is 15.9. The van der Waals surface area contributed by atoms with Gasteiger partial charge in [0.25, 0.3) is 0 Å². The summed E-state index contributed by atoms with van der Waals surface area (Å²) in [5.41, 5.74) is -3.16. The van der Waals surface area contributed by atoms with E-state index in [1.165, 1.54) is 29.1 Å². The van der Waals surface area contributed by atoms with E-state index >= 15 is 0 Å². The summed E-state index contributed by atoms with van der Waals surface area (Å²) in [5, 5.41) is 8.84. The molecule has 1 N–H and O–H groups in total. The number of hydrogen-bond donors (Lipinski definition) is 1. The number of methoxy groups -OCH3 is 1. The molecule has 6 rings (SSSR count). The maximum atomic E-state index is 13.3. The lowest BCUT2D eigenvalue weighted by atomic mass is 10.0. The highest BCUT2D eigenvalue weighted by molar-refractivity contribution is 5.87. The van der Waals surface area contributed by atoms with Gasteiger partial charge in [0, 0.05) is 25.2 Å². The lowest BCUT2D eigenvalue weighted by Crippen LogP contribution is -2.40. The molecule has 0 spiro atoms. The number of carbonyl (C=O) groups is 4. The quantitative estimate of drug-likeness (QED) is 0.0644. The monoisotopic (exact) mass is 1100 g/mol. The van der Waals surface area contributed by atoms with E-state index in [2.05, 4.69) is 4.74 Å². The molecule has 4 aromatic carbocycles. The second-order valence-electron chi connectivity index (χ2n) is 20.2. The van der Waals surface area contributed by atoms with Crippen LogP contribution >= 0.6 is 0 Å². The molecular formula is C55H56F12N2O8. The Morgan fingerprint density at radius 1 is 0.532 bits per heavy atom. The molecule has 0 heterocycles. The maximum absolute atomic E-state index is 13.3. The van der Waals surface area contributed by atoms with Crippen molar-refractivity contribution < 1.29 is 91.2 Å². The third-order valence-electron chi connectivity index (χ3n) is 12.0. The molecular weight excluding hydrogens is 1040 g/mol. The number of aryl methyl sites for hydroxylation is 2. The number of carboxylic acid groups (broad SMARTS) is 1. The molecule has 77 heavy (non-hydrogen) atoms. The van der Waals surface area contributed by atoms with Gasteiger partial charge in [0.1, 0.15) is 11.2 Å². The number of halogens is 12. The first-order valence-corrected chi connectivity index (χ1v) is 23.9. The molecule has 2 atom stereocenters. The molecule has 10 nitrogen and oxygen atoms in total. The van der Waals surface area contributed by atoms with Crippen molar-refractivity contribution in [1.82, 2.24) is 9.80 Å². The van der Waals surface area contributed by atoms with Gasteiger partial charge in [-0.3, -0.25) is 0 Å². The van der Waals surface area contributed by atoms with Crippen molar-refractivity contribution in [3.05, 3.63) is 152 Å². The van der Waals surface area contributed by atoms with E-state index in [0.717, 1.165) is 33.9 Å². The summed E-state index contributed by atoms with van der Waals surface area (Å²) >= 11 is 0. The van der Waals surface area contributed by atoms with Gasteiger partial charge < -0.3 is 29.1 Å². The van der Waals surface area contributed by atoms with E-state index in [4.69, 9.17) is 14.6 Å². The highest BCUT2D eigenvalue weighted by atomic mass is 19.4. The summed E-state index contributed by atoms with van der Waals surface area (Å²) in [5.74, 6) is -1.63. The van der Waals surface area contributed by atoms with Crippen LogP contribution in [0.4, 0.5) is 62.3 Å². The fourth-order valence-corrected chi connectivity index (χ4v) is 8.70. The molecule has 0 saturated heterocycles. The predicted molar refractivity (Wildman–Crippen MR) is 259 cm³/mol. The number of fused-ring (bicyclic) bond motifs is 2. The lowest BCUT2D eigenvalue weighted by Gasteiger charge is -2.32. The highest BCUT2D eigenvalue weighted by Gasteiger charge is 2.40. The fraction of sp³-hybridized carbons (Fsp3) is 0.418. The second kappa shape index (κ2) is 23.7. The highest BCUT2D eigenvalue weighted by Crippen LogP contribution is 2.42. The number of ether oxygens (including phenoxy) is 3. The third kappa shape index (κ3) is 17.5. The topological polar surface area (TPSA) is 123 Å². The molecule has 418 valence electrons. The molecule has 0 saturated carbocycles. The van der Waals surface area contributed by atoms with Gasteiger partial charge in [0.15, 0.2) is 0 Å². The number of benzene rings is 4. The number of nitrogens with zero attached hydrogens (tertiary/aromatic N) is 2. The first-order chi connectivity index (χ1) is 35.4. The zero-order chi connectivity index (χ0) is 57.6. The second-order valence-corrected chi connectivity index (χ2v) is 20.2. The van der Waals surface area contributed by atoms with E-state index < -0.39 is 94.4 Å². The number of rotatable bonds is 12. The van der Waals surface area contributed by atoms with Crippen molar-refractivity contribution >= 4 is 36.3 Å². The largest absolute Gasteiger partial charge is 0.478 e. The van der Waals surface area contributed by atoms with Gasteiger partial charge >= 0.3 is 48.8 Å². The molecule has 0 fully saturated rings. The molecule has 0 bridgehead atoms. The Hall–Kier alpha value is -7.00. The minimum atomic E-state index is -4.97. The summed E-state index contributed by atoms with van der Waals surface area (Å²) < 4.78 is 175. The van der Waals surface area contributed by atoms with Gasteiger partial charge in [0.05, 0.1) is 41.4 Å². The van der Waals surface area contributed by atoms with Crippen LogP contribution in [-0.2, 0) is 74.2 Å². The van der Waals surface area contributed by atoms with E-state index in [0.29, 0.717) is 55.5 Å². The number of esters is 1. The van der Waals surface area contributed by atoms with Gasteiger partial charge in [-0.15, -0.1) is 0 Å². The third-order valence-corrected chi connectivity index (χ3v) is 12.0. The standard InChI is InChI=1S/C28H29F6NO4.C27H27F6NO4/c1-26(2,3)39-25(37)35(12-11-18-14-20(27(29,30)31)16-21(15-18)28(32,33)34)23-9-7-19-13-17(5-8-22(19)23)6-10-24(36)38-4;1-25(2,3)38-24(37)34(22-8-6-18-12-16(4-7-21(18)22)5-9-23(35)36)11-10-17-13-19(26(28,29)30)15-20(14-17)27(31,32)33/h5-6,8,10,13-16,23H,7,9,11-12H2,1-4H3;4-5,7,9,12-15,22H,6,8,10-11H2,1-3H3,(H,35,36)/b10-6+;9-5+. The van der Waals surface area contributed by atoms with Crippen molar-refractivity contribution in [3.8, 4) is 0 Å². The van der Waals surface area contributed by atoms with E-state index in [-0.39, 0.29) is 49.2 Å². The average Bonchev–Trinajstić information content (AvgIpc) is 3.92. The van der Waals surface area contributed by atoms with E-state index in [1.54, 1.807) is 78.0 Å². The Labute approximate surface area is 436 Å². The number of alkyl halides is 12. The van der Waals surface area contributed by atoms with Gasteiger partial charge in [-0.05, 0) is 173 Å². The van der Waals surface area contributed by atoms with E-state index in [1.807, 2.05) is 6.07 Å². The van der Waals surface area contributed by atoms with Crippen molar-refractivity contribution in [1.29, 1.82) is 0 Å². The zero-order valence-corrected chi connectivity index (χ0v) is 42.8. The molecule has 2 amide bonds. The van der Waals surface area contributed by atoms with Crippen molar-refractivity contribution in [2.75, 3.05) is 20.2 Å². The summed E-state index contributed by atoms with van der Waals surface area (Å²) in [6.45, 7) is 9.58. The Bertz CT molecular complexity index is 2790. The molecule has 0 aliphatic heterocycles. The summed E-state index contributed by atoms with van der Waals surface area (Å²) in [6, 6.07) is 12.4. The van der Waals surface area contributed by atoms with Crippen molar-refractivity contribution in [3.63, 3.8) is 0 Å². The Morgan fingerprint density at radius 2 is 0.870 bits per heavy atom. The van der Waals surface area contributed by atoms with Crippen LogP contribution in [0, 0.1) is 0 Å². The molecule has 2 aliphatic carbocycles. The van der Waals surface area contributed by atoms with Crippen molar-refractivity contribution in [2.45, 2.75) is 128 Å². The van der Waals surface area contributed by atoms with Crippen LogP contribution < -0.4 is 0 Å². The number of carboxylic acids is 1. The van der Waals surface area contributed by atoms with Crippen LogP contribution in [-0.4, -0.2) is 70.4 Å². The number of aliphatic carboxylic acids is 1. The fourth-order valence-electron chi connectivity index (χ4n) is 8.70. The SMILES string of the molecule is CC(C)(C)OC(=O)N(CCc1cc(C(F)(F)F)cc(C(F)(F)F)c1)C1CCc2cc(/C=C/C(=O)O)ccc21.COC(=O)/C=C/c1ccc2c(c1)CCC2N(CCc1cc(C(F)(F)F)cc(C(F)(F)F)c1)C(=O)OC(C)(C)C. The van der Waals surface area contributed by atoms with Gasteiger partial charge in [0.2, 0.25) is 0 Å². The maximum Gasteiger partial charge on any atom is 0.416 e. The van der Waals surface area contributed by atoms with E-state index in [9.17, 15) is 71.9 Å². The summed E-state index contributed by atoms with van der Waals surface area (Å²) in [7, 11) is 1.26. The van der Waals surface area contributed by atoms with Gasteiger partial charge in [-0.1, -0.05) is 36.4 Å². The molecule has 22 heteroatoms. The predicted octanol–water partition coefficient (Wildman–Crippen LogP) is 14.7. The first kappa shape index (κ1) is 60.9. The summed E-state index contributed by atoms with van der Waals surface area (Å²) in [4.78, 5) is 51.2. The molecule has 4 aromatic rings. The number of carbonyl (C=O) groups excluding carboxylic acids is 3. The Morgan fingerprint density at radius 3 is 1.17 bits per heavy atom. The van der Waals surface area contributed by atoms with Crippen LogP contribution in [0.25, 0.3) is 12.2 Å². The molecule has 0 aromatic heterocycles. The Kier molecular flexibility index (Phi) is 18.7. The zero-order valence-electron chi connectivity index (χ0n) is 42.8. The van der Waals surface area contributed by atoms with Crippen LogP contribution in [0.1, 0.15) is 133 Å². The van der Waals surface area contributed by atoms with Gasteiger partial charge in [-0.2, -0.15) is 52.7 Å². The van der Waals surface area contributed by atoms with Crippen LogP contribution in [0.3, 0.4) is 0 Å².